The van der Waals surface area contributed by atoms with Crippen LogP contribution in [0.15, 0.2) is 6.33 Å². The molecule has 14 heavy (non-hydrogen) atoms. The maximum atomic E-state index is 10.4. The molecular formula is C8H14N2O3S. The molecule has 0 saturated heterocycles. The van der Waals surface area contributed by atoms with E-state index in [2.05, 4.69) is 4.98 Å². The van der Waals surface area contributed by atoms with Crippen molar-refractivity contribution in [1.82, 2.24) is 9.55 Å². The van der Waals surface area contributed by atoms with Crippen LogP contribution in [0.5, 0.6) is 0 Å². The standard InChI is InChI=1S/C8H14N2O3S/c1-7-8(2)10(6-9-7)4-3-5-14(11,12)13/h6H,3-5H2,1-2H3,(H,11,12,13). The maximum Gasteiger partial charge on any atom is 0.264 e. The zero-order valence-electron chi connectivity index (χ0n) is 8.27. The number of hydrogen-bond donors (Lipinski definition) is 1. The van der Waals surface area contributed by atoms with E-state index in [1.165, 1.54) is 0 Å². The highest BCUT2D eigenvalue weighted by Crippen LogP contribution is 2.05. The summed E-state index contributed by atoms with van der Waals surface area (Å²) in [4.78, 5) is 4.08. The Bertz CT molecular complexity index is 408. The molecule has 1 heterocycles. The molecule has 0 amide bonds. The monoisotopic (exact) mass is 218 g/mol. The zero-order chi connectivity index (χ0) is 10.8. The molecule has 1 aromatic rings. The Morgan fingerprint density at radius 2 is 2.14 bits per heavy atom. The van der Waals surface area contributed by atoms with Crippen molar-refractivity contribution in [2.45, 2.75) is 26.8 Å². The first-order valence-corrected chi connectivity index (χ1v) is 5.94. The number of aromatic nitrogens is 2. The first kappa shape index (κ1) is 11.2. The molecule has 0 spiro atoms. The minimum Gasteiger partial charge on any atom is -0.335 e. The van der Waals surface area contributed by atoms with E-state index in [9.17, 15) is 8.42 Å². The van der Waals surface area contributed by atoms with E-state index in [-0.39, 0.29) is 5.75 Å². The van der Waals surface area contributed by atoms with Crippen molar-refractivity contribution >= 4 is 10.1 Å². The molecule has 0 saturated carbocycles. The fourth-order valence-electron chi connectivity index (χ4n) is 1.19. The van der Waals surface area contributed by atoms with Gasteiger partial charge in [0.1, 0.15) is 0 Å². The van der Waals surface area contributed by atoms with Gasteiger partial charge in [0.15, 0.2) is 0 Å². The van der Waals surface area contributed by atoms with Crippen LogP contribution in [0.4, 0.5) is 0 Å². The van der Waals surface area contributed by atoms with Gasteiger partial charge in [-0.1, -0.05) is 0 Å². The third kappa shape index (κ3) is 3.12. The molecule has 1 rings (SSSR count). The summed E-state index contributed by atoms with van der Waals surface area (Å²) in [7, 11) is -3.83. The van der Waals surface area contributed by atoms with Crippen molar-refractivity contribution in [3.8, 4) is 0 Å². The quantitative estimate of drug-likeness (QED) is 0.758. The summed E-state index contributed by atoms with van der Waals surface area (Å²) in [6.07, 6.45) is 2.07. The van der Waals surface area contributed by atoms with Gasteiger partial charge in [0.05, 0.1) is 17.8 Å². The van der Waals surface area contributed by atoms with Crippen LogP contribution in [-0.4, -0.2) is 28.3 Å². The maximum absolute atomic E-state index is 10.4. The predicted octanol–water partition coefficient (Wildman–Crippen LogP) is 0.778. The molecule has 0 aromatic carbocycles. The van der Waals surface area contributed by atoms with Crippen LogP contribution in [0.25, 0.3) is 0 Å². The van der Waals surface area contributed by atoms with Crippen LogP contribution < -0.4 is 0 Å². The van der Waals surface area contributed by atoms with Crippen LogP contribution in [0.3, 0.4) is 0 Å². The highest BCUT2D eigenvalue weighted by molar-refractivity contribution is 7.85. The van der Waals surface area contributed by atoms with E-state index in [0.717, 1.165) is 11.4 Å². The number of imidazole rings is 1. The average molecular weight is 218 g/mol. The lowest BCUT2D eigenvalue weighted by Gasteiger charge is -2.03. The topological polar surface area (TPSA) is 72.2 Å². The largest absolute Gasteiger partial charge is 0.335 e. The molecule has 1 N–H and O–H groups in total. The molecule has 0 aliphatic heterocycles. The van der Waals surface area contributed by atoms with Gasteiger partial charge < -0.3 is 4.57 Å². The van der Waals surface area contributed by atoms with Crippen molar-refractivity contribution in [3.63, 3.8) is 0 Å². The lowest BCUT2D eigenvalue weighted by molar-refractivity contribution is 0.478. The van der Waals surface area contributed by atoms with Crippen LogP contribution in [0.2, 0.25) is 0 Å². The SMILES string of the molecule is Cc1ncn(CCCS(=O)(=O)O)c1C. The van der Waals surface area contributed by atoms with Gasteiger partial charge in [0.2, 0.25) is 0 Å². The summed E-state index contributed by atoms with van der Waals surface area (Å²) in [5, 5.41) is 0. The zero-order valence-corrected chi connectivity index (χ0v) is 9.08. The van der Waals surface area contributed by atoms with Crippen LogP contribution >= 0.6 is 0 Å². The van der Waals surface area contributed by atoms with Crippen molar-refractivity contribution in [2.75, 3.05) is 5.75 Å². The van der Waals surface area contributed by atoms with Crippen LogP contribution in [0.1, 0.15) is 17.8 Å². The smallest absolute Gasteiger partial charge is 0.264 e. The normalized spacial score (nSPS) is 11.9. The van der Waals surface area contributed by atoms with Gasteiger partial charge in [0, 0.05) is 12.2 Å². The first-order valence-electron chi connectivity index (χ1n) is 4.33. The second kappa shape index (κ2) is 4.10. The minimum absolute atomic E-state index is 0.205. The molecule has 0 aliphatic rings. The summed E-state index contributed by atoms with van der Waals surface area (Å²) < 4.78 is 31.3. The minimum atomic E-state index is -3.83. The molecule has 0 aliphatic carbocycles. The molecule has 1 aromatic heterocycles. The Hall–Kier alpha value is -0.880. The number of nitrogens with zero attached hydrogens (tertiary/aromatic N) is 2. The number of hydrogen-bond acceptors (Lipinski definition) is 3. The predicted molar refractivity (Wildman–Crippen MR) is 52.7 cm³/mol. The van der Waals surface area contributed by atoms with Gasteiger partial charge >= 0.3 is 0 Å². The highest BCUT2D eigenvalue weighted by Gasteiger charge is 2.06. The lowest BCUT2D eigenvalue weighted by Crippen LogP contribution is -2.08. The van der Waals surface area contributed by atoms with Crippen molar-refractivity contribution in [2.24, 2.45) is 0 Å². The Morgan fingerprint density at radius 1 is 1.50 bits per heavy atom. The molecule has 5 nitrogen and oxygen atoms in total. The molecule has 0 bridgehead atoms. The summed E-state index contributed by atoms with van der Waals surface area (Å²) in [5.74, 6) is -0.205. The molecule has 0 fully saturated rings. The van der Waals surface area contributed by atoms with E-state index in [0.29, 0.717) is 13.0 Å². The Balaban J connectivity index is 2.51. The number of rotatable bonds is 4. The van der Waals surface area contributed by atoms with Crippen molar-refractivity contribution < 1.29 is 13.0 Å². The Labute approximate surface area is 83.5 Å². The number of aryl methyl sites for hydroxylation is 2. The van der Waals surface area contributed by atoms with Crippen molar-refractivity contribution in [3.05, 3.63) is 17.7 Å². The third-order valence-electron chi connectivity index (χ3n) is 2.15. The lowest BCUT2D eigenvalue weighted by atomic mass is 10.3. The molecule has 0 unspecified atom stereocenters. The second-order valence-corrected chi connectivity index (χ2v) is 4.82. The van der Waals surface area contributed by atoms with Gasteiger partial charge in [-0.2, -0.15) is 8.42 Å². The first-order chi connectivity index (χ1) is 6.40. The van der Waals surface area contributed by atoms with E-state index < -0.39 is 10.1 Å². The van der Waals surface area contributed by atoms with Crippen LogP contribution in [0, 0.1) is 13.8 Å². The average Bonchev–Trinajstić information content (AvgIpc) is 2.33. The van der Waals surface area contributed by atoms with Gasteiger partial charge in [-0.05, 0) is 20.3 Å². The van der Waals surface area contributed by atoms with Gasteiger partial charge in [0.25, 0.3) is 10.1 Å². The highest BCUT2D eigenvalue weighted by atomic mass is 32.2. The van der Waals surface area contributed by atoms with E-state index >= 15 is 0 Å². The molecule has 6 heteroatoms. The van der Waals surface area contributed by atoms with Gasteiger partial charge in [-0.25, -0.2) is 4.98 Å². The molecular weight excluding hydrogens is 204 g/mol. The van der Waals surface area contributed by atoms with E-state index in [4.69, 9.17) is 4.55 Å². The van der Waals surface area contributed by atoms with Crippen LogP contribution in [-0.2, 0) is 16.7 Å². The Morgan fingerprint density at radius 3 is 2.57 bits per heavy atom. The fourth-order valence-corrected chi connectivity index (χ4v) is 1.68. The summed E-state index contributed by atoms with van der Waals surface area (Å²) in [6, 6.07) is 0. The van der Waals surface area contributed by atoms with Gasteiger partial charge in [-0.15, -0.1) is 0 Å². The molecule has 80 valence electrons. The second-order valence-electron chi connectivity index (χ2n) is 3.25. The van der Waals surface area contributed by atoms with Gasteiger partial charge in [-0.3, -0.25) is 4.55 Å². The van der Waals surface area contributed by atoms with E-state index in [1.807, 2.05) is 18.4 Å². The summed E-state index contributed by atoms with van der Waals surface area (Å²) in [5.41, 5.74) is 1.97. The Kier molecular flexibility index (Phi) is 3.28. The molecule has 0 atom stereocenters. The summed E-state index contributed by atoms with van der Waals surface area (Å²) in [6.45, 7) is 4.39. The molecule has 0 radical (unpaired) electrons. The third-order valence-corrected chi connectivity index (χ3v) is 2.95. The fraction of sp³-hybridized carbons (Fsp3) is 0.625. The summed E-state index contributed by atoms with van der Waals surface area (Å²) >= 11 is 0. The van der Waals surface area contributed by atoms with E-state index in [1.54, 1.807) is 6.33 Å². The van der Waals surface area contributed by atoms with Crippen molar-refractivity contribution in [1.29, 1.82) is 0 Å².